The van der Waals surface area contributed by atoms with Gasteiger partial charge in [0.25, 0.3) is 11.8 Å². The van der Waals surface area contributed by atoms with Gasteiger partial charge in [0.05, 0.1) is 28.4 Å². The summed E-state index contributed by atoms with van der Waals surface area (Å²) in [6.07, 6.45) is 1.32. The molecule has 7 nitrogen and oxygen atoms in total. The molecule has 33 heavy (non-hydrogen) atoms. The highest BCUT2D eigenvalue weighted by Gasteiger charge is 2.12. The molecule has 0 unspecified atom stereocenters. The van der Waals surface area contributed by atoms with Crippen molar-refractivity contribution in [3.8, 4) is 5.75 Å². The molecule has 0 radical (unpaired) electrons. The van der Waals surface area contributed by atoms with Crippen molar-refractivity contribution in [3.63, 3.8) is 0 Å². The lowest BCUT2D eigenvalue weighted by Crippen LogP contribution is -2.34. The second-order valence-corrected chi connectivity index (χ2v) is 7.79. The quantitative estimate of drug-likeness (QED) is 0.210. The molecule has 0 aromatic heterocycles. The van der Waals surface area contributed by atoms with Gasteiger partial charge in [-0.15, -0.1) is 0 Å². The third-order valence-electron chi connectivity index (χ3n) is 4.19. The predicted octanol–water partition coefficient (Wildman–Crippen LogP) is 4.75. The summed E-state index contributed by atoms with van der Waals surface area (Å²) in [4.78, 5) is 36.4. The zero-order valence-corrected chi connectivity index (χ0v) is 19.1. The van der Waals surface area contributed by atoms with Gasteiger partial charge >= 0.3 is 5.97 Å². The van der Waals surface area contributed by atoms with Crippen LogP contribution in [0.1, 0.15) is 26.3 Å². The molecule has 0 saturated heterocycles. The van der Waals surface area contributed by atoms with E-state index in [1.54, 1.807) is 48.5 Å². The van der Waals surface area contributed by atoms with E-state index >= 15 is 0 Å². The highest BCUT2D eigenvalue weighted by atomic mass is 35.5. The van der Waals surface area contributed by atoms with E-state index in [1.807, 2.05) is 0 Å². The molecular weight excluding hydrogens is 489 g/mol. The van der Waals surface area contributed by atoms with Gasteiger partial charge in [-0.2, -0.15) is 5.10 Å². The average Bonchev–Trinajstić information content (AvgIpc) is 2.80. The summed E-state index contributed by atoms with van der Waals surface area (Å²) in [5, 5.41) is 7.35. The Bertz CT molecular complexity index is 1210. The number of carbonyl (C=O) groups is 3. The zero-order valence-electron chi connectivity index (χ0n) is 16.8. The largest absolute Gasteiger partial charge is 0.422 e. The van der Waals surface area contributed by atoms with Gasteiger partial charge < -0.3 is 10.1 Å². The van der Waals surface area contributed by atoms with E-state index in [9.17, 15) is 14.4 Å². The van der Waals surface area contributed by atoms with Crippen molar-refractivity contribution in [3.05, 3.63) is 98.5 Å². The molecular formula is C23H16Cl3N3O4. The van der Waals surface area contributed by atoms with E-state index in [0.717, 1.165) is 0 Å². The first kappa shape index (κ1) is 24.3. The maximum absolute atomic E-state index is 12.3. The maximum Gasteiger partial charge on any atom is 0.343 e. The molecule has 3 aromatic carbocycles. The fraction of sp³-hybridized carbons (Fsp3) is 0.0435. The van der Waals surface area contributed by atoms with E-state index in [0.29, 0.717) is 21.2 Å². The van der Waals surface area contributed by atoms with Crippen LogP contribution >= 0.6 is 34.8 Å². The molecule has 0 spiro atoms. The van der Waals surface area contributed by atoms with Crippen LogP contribution in [0, 0.1) is 0 Å². The molecule has 2 N–H and O–H groups in total. The number of rotatable bonds is 7. The number of ether oxygens (including phenoxy) is 1. The lowest BCUT2D eigenvalue weighted by molar-refractivity contribution is -0.120. The maximum atomic E-state index is 12.3. The van der Waals surface area contributed by atoms with Crippen LogP contribution in [0.2, 0.25) is 15.1 Å². The summed E-state index contributed by atoms with van der Waals surface area (Å²) < 4.78 is 5.41. The van der Waals surface area contributed by atoms with Gasteiger partial charge in [0.1, 0.15) is 5.75 Å². The molecule has 3 rings (SSSR count). The second-order valence-electron chi connectivity index (χ2n) is 6.54. The van der Waals surface area contributed by atoms with E-state index in [-0.39, 0.29) is 22.9 Å². The smallest absolute Gasteiger partial charge is 0.343 e. The molecule has 0 aliphatic carbocycles. The summed E-state index contributed by atoms with van der Waals surface area (Å²) >= 11 is 17.5. The third kappa shape index (κ3) is 7.05. The molecule has 0 fully saturated rings. The monoisotopic (exact) mass is 503 g/mol. The lowest BCUT2D eigenvalue weighted by Gasteiger charge is -2.07. The number of para-hydroxylation sites is 1. The molecule has 0 heterocycles. The van der Waals surface area contributed by atoms with Crippen LogP contribution in [0.25, 0.3) is 0 Å². The number of nitrogens with zero attached hydrogens (tertiary/aromatic N) is 1. The predicted molar refractivity (Wildman–Crippen MR) is 127 cm³/mol. The summed E-state index contributed by atoms with van der Waals surface area (Å²) in [6.45, 7) is -0.316. The third-order valence-corrected chi connectivity index (χ3v) is 5.18. The van der Waals surface area contributed by atoms with Crippen molar-refractivity contribution in [1.82, 2.24) is 10.7 Å². The highest BCUT2D eigenvalue weighted by molar-refractivity contribution is 6.42. The fourth-order valence-corrected chi connectivity index (χ4v) is 2.96. The number of esters is 1. The van der Waals surface area contributed by atoms with Gasteiger partial charge in [0.15, 0.2) is 0 Å². The highest BCUT2D eigenvalue weighted by Crippen LogP contribution is 2.22. The molecule has 168 valence electrons. The average molecular weight is 505 g/mol. The van der Waals surface area contributed by atoms with Crippen LogP contribution in [0.5, 0.6) is 5.75 Å². The molecule has 0 atom stereocenters. The first-order valence-corrected chi connectivity index (χ1v) is 10.6. The zero-order chi connectivity index (χ0) is 23.8. The summed E-state index contributed by atoms with van der Waals surface area (Å²) in [5.41, 5.74) is 3.34. The van der Waals surface area contributed by atoms with Gasteiger partial charge in [0.2, 0.25) is 0 Å². The van der Waals surface area contributed by atoms with Crippen LogP contribution in [-0.4, -0.2) is 30.5 Å². The minimum atomic E-state index is -0.568. The van der Waals surface area contributed by atoms with Crippen molar-refractivity contribution >= 4 is 58.8 Å². The number of hydrazone groups is 1. The molecule has 3 aromatic rings. The van der Waals surface area contributed by atoms with Gasteiger partial charge in [0, 0.05) is 16.1 Å². The Morgan fingerprint density at radius 2 is 1.58 bits per heavy atom. The van der Waals surface area contributed by atoms with Crippen molar-refractivity contribution in [1.29, 1.82) is 0 Å². The first-order chi connectivity index (χ1) is 15.8. The van der Waals surface area contributed by atoms with E-state index in [2.05, 4.69) is 15.8 Å². The van der Waals surface area contributed by atoms with Crippen molar-refractivity contribution in [2.24, 2.45) is 5.10 Å². The standard InChI is InChI=1S/C23H16Cl3N3O4/c24-17-8-5-14(6-9-17)23(32)33-20-4-2-1-3-16(20)12-28-29-21(30)13-27-22(31)15-7-10-18(25)19(26)11-15/h1-12H,13H2,(H,27,31)(H,29,30)/b28-12-. The second kappa shape index (κ2) is 11.5. The Balaban J connectivity index is 1.55. The number of halogens is 3. The van der Waals surface area contributed by atoms with Crippen LogP contribution < -0.4 is 15.5 Å². The minimum Gasteiger partial charge on any atom is -0.422 e. The Morgan fingerprint density at radius 1 is 0.879 bits per heavy atom. The van der Waals surface area contributed by atoms with Crippen LogP contribution in [0.4, 0.5) is 0 Å². The number of amides is 2. The summed E-state index contributed by atoms with van der Waals surface area (Å²) in [7, 11) is 0. The normalized spacial score (nSPS) is 10.6. The van der Waals surface area contributed by atoms with E-state index < -0.39 is 17.8 Å². The number of hydrogen-bond acceptors (Lipinski definition) is 5. The Morgan fingerprint density at radius 3 is 2.30 bits per heavy atom. The number of carbonyl (C=O) groups excluding carboxylic acids is 3. The molecule has 10 heteroatoms. The van der Waals surface area contributed by atoms with Crippen molar-refractivity contribution in [2.45, 2.75) is 0 Å². The van der Waals surface area contributed by atoms with Gasteiger partial charge in [-0.25, -0.2) is 10.2 Å². The van der Waals surface area contributed by atoms with Crippen LogP contribution in [0.15, 0.2) is 71.8 Å². The lowest BCUT2D eigenvalue weighted by atomic mass is 10.2. The van der Waals surface area contributed by atoms with Crippen LogP contribution in [0.3, 0.4) is 0 Å². The molecule has 2 amide bonds. The van der Waals surface area contributed by atoms with Crippen LogP contribution in [-0.2, 0) is 4.79 Å². The minimum absolute atomic E-state index is 0.230. The molecule has 0 aliphatic heterocycles. The van der Waals surface area contributed by atoms with Gasteiger partial charge in [-0.1, -0.05) is 46.9 Å². The number of hydrogen-bond donors (Lipinski definition) is 2. The van der Waals surface area contributed by atoms with E-state index in [1.165, 1.54) is 24.4 Å². The Hall–Kier alpha value is -3.39. The Kier molecular flexibility index (Phi) is 8.43. The van der Waals surface area contributed by atoms with Crippen molar-refractivity contribution in [2.75, 3.05) is 6.54 Å². The number of benzene rings is 3. The first-order valence-electron chi connectivity index (χ1n) is 9.45. The van der Waals surface area contributed by atoms with Gasteiger partial charge in [-0.05, 0) is 54.6 Å². The summed E-state index contributed by atoms with van der Waals surface area (Å²) in [6, 6.07) is 17.3. The van der Waals surface area contributed by atoms with Crippen molar-refractivity contribution < 1.29 is 19.1 Å². The molecule has 0 saturated carbocycles. The topological polar surface area (TPSA) is 96.9 Å². The molecule has 0 aliphatic rings. The van der Waals surface area contributed by atoms with E-state index in [4.69, 9.17) is 39.5 Å². The van der Waals surface area contributed by atoms with Gasteiger partial charge in [-0.3, -0.25) is 9.59 Å². The fourth-order valence-electron chi connectivity index (χ4n) is 2.54. The Labute approximate surface area is 204 Å². The summed E-state index contributed by atoms with van der Waals surface area (Å²) in [5.74, 6) is -1.37. The number of nitrogens with one attached hydrogen (secondary N) is 2. The molecule has 0 bridgehead atoms. The SMILES string of the molecule is O=C(CNC(=O)c1ccc(Cl)c(Cl)c1)N/N=C\c1ccccc1OC(=O)c1ccc(Cl)cc1.